The zero-order valence-corrected chi connectivity index (χ0v) is 11.9. The average Bonchev–Trinajstić information content (AvgIpc) is 2.65. The molecule has 1 aromatic carbocycles. The van der Waals surface area contributed by atoms with Crippen LogP contribution in [0.4, 0.5) is 5.69 Å². The molecule has 1 fully saturated rings. The van der Waals surface area contributed by atoms with Gasteiger partial charge in [0.1, 0.15) is 5.60 Å². The molecular weight excluding hydrogens is 238 g/mol. The van der Waals surface area contributed by atoms with Crippen LogP contribution in [0.5, 0.6) is 0 Å². The Labute approximate surface area is 114 Å². The maximum atomic E-state index is 12.4. The van der Waals surface area contributed by atoms with Crippen molar-refractivity contribution >= 4 is 11.7 Å². The molecule has 1 aliphatic carbocycles. The van der Waals surface area contributed by atoms with Crippen LogP contribution in [0.3, 0.4) is 0 Å². The van der Waals surface area contributed by atoms with Crippen molar-refractivity contribution in [2.45, 2.75) is 51.0 Å². The third-order valence-corrected chi connectivity index (χ3v) is 4.14. The smallest absolute Gasteiger partial charge is 0.339 e. The van der Waals surface area contributed by atoms with Gasteiger partial charge in [-0.2, -0.15) is 0 Å². The summed E-state index contributed by atoms with van der Waals surface area (Å²) in [5.41, 5.74) is 2.79. The molecule has 0 aromatic heterocycles. The topological polar surface area (TPSA) is 38.3 Å². The number of rotatable bonds is 1. The second-order valence-electron chi connectivity index (χ2n) is 6.72. The first-order chi connectivity index (χ1) is 8.91. The van der Waals surface area contributed by atoms with Gasteiger partial charge in [0.25, 0.3) is 0 Å². The van der Waals surface area contributed by atoms with E-state index in [0.29, 0.717) is 0 Å². The SMILES string of the molecule is CC(C)(C)OC(=O)c1cccc2c1C1(CCC1)CN2. The van der Waals surface area contributed by atoms with Crippen LogP contribution in [0.25, 0.3) is 0 Å². The summed E-state index contributed by atoms with van der Waals surface area (Å²) in [6.45, 7) is 6.68. The Morgan fingerprint density at radius 3 is 2.63 bits per heavy atom. The molecule has 102 valence electrons. The summed E-state index contributed by atoms with van der Waals surface area (Å²) < 4.78 is 5.54. The van der Waals surface area contributed by atoms with Gasteiger partial charge >= 0.3 is 5.97 Å². The largest absolute Gasteiger partial charge is 0.456 e. The number of anilines is 1. The maximum absolute atomic E-state index is 12.4. The van der Waals surface area contributed by atoms with E-state index in [1.165, 1.54) is 24.8 Å². The van der Waals surface area contributed by atoms with E-state index in [4.69, 9.17) is 4.74 Å². The molecule has 1 spiro atoms. The Bertz CT molecular complexity index is 524. The minimum absolute atomic E-state index is 0.183. The lowest BCUT2D eigenvalue weighted by Crippen LogP contribution is -2.37. The third-order valence-electron chi connectivity index (χ3n) is 4.14. The van der Waals surface area contributed by atoms with Crippen molar-refractivity contribution < 1.29 is 9.53 Å². The normalized spacial score (nSPS) is 19.5. The molecule has 0 radical (unpaired) electrons. The van der Waals surface area contributed by atoms with E-state index >= 15 is 0 Å². The number of carbonyl (C=O) groups is 1. The lowest BCUT2D eigenvalue weighted by Gasteiger charge is -2.39. The van der Waals surface area contributed by atoms with Gasteiger partial charge in [-0.25, -0.2) is 4.79 Å². The summed E-state index contributed by atoms with van der Waals surface area (Å²) in [5, 5.41) is 3.44. The minimum Gasteiger partial charge on any atom is -0.456 e. The highest BCUT2D eigenvalue weighted by Crippen LogP contribution is 2.51. The van der Waals surface area contributed by atoms with Crippen molar-refractivity contribution in [2.75, 3.05) is 11.9 Å². The van der Waals surface area contributed by atoms with Gasteiger partial charge in [-0.3, -0.25) is 0 Å². The second kappa shape index (κ2) is 3.99. The van der Waals surface area contributed by atoms with E-state index in [0.717, 1.165) is 17.8 Å². The van der Waals surface area contributed by atoms with Gasteiger partial charge in [0.15, 0.2) is 0 Å². The molecule has 1 saturated carbocycles. The summed E-state index contributed by atoms with van der Waals surface area (Å²) in [4.78, 5) is 12.4. The molecule has 0 saturated heterocycles. The van der Waals surface area contributed by atoms with Gasteiger partial charge < -0.3 is 10.1 Å². The predicted molar refractivity (Wildman–Crippen MR) is 75.6 cm³/mol. The first kappa shape index (κ1) is 12.5. The molecule has 0 amide bonds. The number of benzene rings is 1. The number of nitrogens with one attached hydrogen (secondary N) is 1. The Morgan fingerprint density at radius 2 is 2.05 bits per heavy atom. The Hall–Kier alpha value is -1.51. The van der Waals surface area contributed by atoms with Crippen molar-refractivity contribution in [3.8, 4) is 0 Å². The van der Waals surface area contributed by atoms with E-state index in [2.05, 4.69) is 11.4 Å². The van der Waals surface area contributed by atoms with E-state index < -0.39 is 5.60 Å². The third kappa shape index (κ3) is 2.01. The van der Waals surface area contributed by atoms with Crippen LogP contribution >= 0.6 is 0 Å². The summed E-state index contributed by atoms with van der Waals surface area (Å²) in [5.74, 6) is -0.195. The molecule has 1 aliphatic heterocycles. The van der Waals surface area contributed by atoms with E-state index in [9.17, 15) is 4.79 Å². The van der Waals surface area contributed by atoms with E-state index in [-0.39, 0.29) is 11.4 Å². The number of carbonyl (C=O) groups excluding carboxylic acids is 1. The Kier molecular flexibility index (Phi) is 2.63. The van der Waals surface area contributed by atoms with Crippen LogP contribution in [0.15, 0.2) is 18.2 Å². The van der Waals surface area contributed by atoms with Crippen LogP contribution in [0.2, 0.25) is 0 Å². The van der Waals surface area contributed by atoms with Crippen LogP contribution in [0.1, 0.15) is 56.0 Å². The van der Waals surface area contributed by atoms with Crippen molar-refractivity contribution in [3.63, 3.8) is 0 Å². The molecule has 1 aromatic rings. The molecule has 0 bridgehead atoms. The number of hydrogen-bond acceptors (Lipinski definition) is 3. The number of hydrogen-bond donors (Lipinski definition) is 1. The van der Waals surface area contributed by atoms with Crippen LogP contribution < -0.4 is 5.32 Å². The quantitative estimate of drug-likeness (QED) is 0.785. The molecule has 1 N–H and O–H groups in total. The molecule has 1 heterocycles. The summed E-state index contributed by atoms with van der Waals surface area (Å²) in [6.07, 6.45) is 3.60. The summed E-state index contributed by atoms with van der Waals surface area (Å²) in [7, 11) is 0. The number of fused-ring (bicyclic) bond motifs is 2. The zero-order valence-electron chi connectivity index (χ0n) is 11.9. The fraction of sp³-hybridized carbons (Fsp3) is 0.562. The molecule has 0 atom stereocenters. The van der Waals surface area contributed by atoms with Gasteiger partial charge in [-0.15, -0.1) is 0 Å². The predicted octanol–water partition coefficient (Wildman–Crippen LogP) is 3.49. The highest BCUT2D eigenvalue weighted by molar-refractivity contribution is 5.94. The molecule has 2 aliphatic rings. The molecule has 3 rings (SSSR count). The minimum atomic E-state index is -0.446. The highest BCUT2D eigenvalue weighted by Gasteiger charge is 2.46. The molecule has 3 heteroatoms. The maximum Gasteiger partial charge on any atom is 0.339 e. The van der Waals surface area contributed by atoms with E-state index in [1.807, 2.05) is 32.9 Å². The van der Waals surface area contributed by atoms with Gasteiger partial charge in [0.05, 0.1) is 5.56 Å². The summed E-state index contributed by atoms with van der Waals surface area (Å²) >= 11 is 0. The van der Waals surface area contributed by atoms with Crippen molar-refractivity contribution in [2.24, 2.45) is 0 Å². The zero-order chi connectivity index (χ0) is 13.7. The lowest BCUT2D eigenvalue weighted by molar-refractivity contribution is 0.00658. The number of ether oxygens (including phenoxy) is 1. The van der Waals surface area contributed by atoms with Gasteiger partial charge in [0.2, 0.25) is 0 Å². The first-order valence-corrected chi connectivity index (χ1v) is 7.02. The van der Waals surface area contributed by atoms with Crippen molar-refractivity contribution in [1.29, 1.82) is 0 Å². The molecule has 0 unspecified atom stereocenters. The monoisotopic (exact) mass is 259 g/mol. The van der Waals surface area contributed by atoms with Crippen LogP contribution in [-0.2, 0) is 10.2 Å². The standard InChI is InChI=1S/C16H21NO2/c1-15(2,3)19-14(18)11-6-4-7-12-13(11)16(10-17-12)8-5-9-16/h4,6-7,17H,5,8-10H2,1-3H3. The molecule has 3 nitrogen and oxygen atoms in total. The molecule has 19 heavy (non-hydrogen) atoms. The van der Waals surface area contributed by atoms with E-state index in [1.54, 1.807) is 0 Å². The first-order valence-electron chi connectivity index (χ1n) is 7.02. The lowest BCUT2D eigenvalue weighted by atomic mass is 9.64. The second-order valence-corrected chi connectivity index (χ2v) is 6.72. The Morgan fingerprint density at radius 1 is 1.32 bits per heavy atom. The van der Waals surface area contributed by atoms with Crippen LogP contribution in [-0.4, -0.2) is 18.1 Å². The molecular formula is C16H21NO2. The van der Waals surface area contributed by atoms with Gasteiger partial charge in [-0.1, -0.05) is 12.5 Å². The Balaban J connectivity index is 2.00. The number of esters is 1. The highest BCUT2D eigenvalue weighted by atomic mass is 16.6. The summed E-state index contributed by atoms with van der Waals surface area (Å²) in [6, 6.07) is 5.90. The fourth-order valence-corrected chi connectivity index (χ4v) is 3.16. The van der Waals surface area contributed by atoms with Gasteiger partial charge in [0, 0.05) is 17.6 Å². The fourth-order valence-electron chi connectivity index (χ4n) is 3.16. The van der Waals surface area contributed by atoms with Crippen LogP contribution in [0, 0.1) is 0 Å². The van der Waals surface area contributed by atoms with Crippen molar-refractivity contribution in [3.05, 3.63) is 29.3 Å². The van der Waals surface area contributed by atoms with Gasteiger partial charge in [-0.05, 0) is 51.3 Å². The van der Waals surface area contributed by atoms with Crippen molar-refractivity contribution in [1.82, 2.24) is 0 Å². The average molecular weight is 259 g/mol.